The minimum absolute atomic E-state index is 0.0440. The maximum atomic E-state index is 14.2. The number of anilines is 1. The number of carbonyl (C=O) groups is 2. The molecule has 0 aromatic heterocycles. The van der Waals surface area contributed by atoms with Gasteiger partial charge in [-0.15, -0.1) is 0 Å². The second-order valence-electron chi connectivity index (χ2n) is 10.1. The summed E-state index contributed by atoms with van der Waals surface area (Å²) in [5.41, 5.74) is 2.28. The molecule has 1 unspecified atom stereocenters. The minimum atomic E-state index is -0.671. The van der Waals surface area contributed by atoms with E-state index in [2.05, 4.69) is 5.32 Å². The third-order valence-electron chi connectivity index (χ3n) is 6.58. The molecule has 1 aliphatic carbocycles. The van der Waals surface area contributed by atoms with Crippen molar-refractivity contribution in [3.8, 4) is 0 Å². The van der Waals surface area contributed by atoms with Crippen LogP contribution in [0.25, 0.3) is 0 Å². The molecular weight excluding hydrogens is 529 g/mol. The number of nitrogens with one attached hydrogen (secondary N) is 1. The van der Waals surface area contributed by atoms with Crippen LogP contribution >= 0.6 is 34.8 Å². The Morgan fingerprint density at radius 2 is 1.59 bits per heavy atom. The quantitative estimate of drug-likeness (QED) is 0.322. The molecule has 1 atom stereocenters. The Morgan fingerprint density at radius 3 is 2.27 bits per heavy atom. The number of rotatable bonds is 5. The lowest BCUT2D eigenvalue weighted by molar-refractivity contribution is -0.119. The summed E-state index contributed by atoms with van der Waals surface area (Å²) in [5.74, 6) is -0.235. The Balaban J connectivity index is 1.75. The maximum absolute atomic E-state index is 14.2. The summed E-state index contributed by atoms with van der Waals surface area (Å²) in [4.78, 5) is 27.8. The fraction of sp³-hybridized carbons (Fsp3) is 0.200. The molecule has 0 spiro atoms. The van der Waals surface area contributed by atoms with E-state index in [1.165, 1.54) is 6.07 Å². The standard InChI is InChI=1S/C30H24Cl3NO3/c1-30(2)15-23(35)26-24(16-30)37-29(34-20-6-4-3-5-7-20)27(25(26)17-8-10-18(31)11-9-17)28(36)21-13-12-19(32)14-22(21)33/h3-14,25,34H,15-16H2,1-2H3. The summed E-state index contributed by atoms with van der Waals surface area (Å²) in [7, 11) is 0. The number of Topliss-reactive ketones (excluding diaryl/α,β-unsaturated/α-hetero) is 2. The van der Waals surface area contributed by atoms with Gasteiger partial charge >= 0.3 is 0 Å². The van der Waals surface area contributed by atoms with Crippen LogP contribution in [0.15, 0.2) is 95.6 Å². The van der Waals surface area contributed by atoms with Crippen LogP contribution in [0.4, 0.5) is 5.69 Å². The van der Waals surface area contributed by atoms with E-state index in [4.69, 9.17) is 39.5 Å². The molecule has 1 N–H and O–H groups in total. The number of carbonyl (C=O) groups excluding carboxylic acids is 2. The highest BCUT2D eigenvalue weighted by Crippen LogP contribution is 2.50. The molecule has 4 nitrogen and oxygen atoms in total. The summed E-state index contributed by atoms with van der Waals surface area (Å²) in [6.45, 7) is 4.08. The highest BCUT2D eigenvalue weighted by molar-refractivity contribution is 6.37. The molecule has 3 aromatic rings. The van der Waals surface area contributed by atoms with E-state index in [1.807, 2.05) is 56.3 Å². The molecule has 5 rings (SSSR count). The number of hydrogen-bond donors (Lipinski definition) is 1. The molecule has 3 aromatic carbocycles. The Bertz CT molecular complexity index is 1460. The van der Waals surface area contributed by atoms with E-state index in [0.29, 0.717) is 39.8 Å². The van der Waals surface area contributed by atoms with E-state index < -0.39 is 5.92 Å². The average Bonchev–Trinajstić information content (AvgIpc) is 2.83. The molecule has 0 bridgehead atoms. The predicted molar refractivity (Wildman–Crippen MR) is 148 cm³/mol. The molecule has 1 aliphatic heterocycles. The number of allylic oxidation sites excluding steroid dienone is 3. The Labute approximate surface area is 230 Å². The lowest BCUT2D eigenvalue weighted by atomic mass is 9.69. The van der Waals surface area contributed by atoms with Gasteiger partial charge in [0.05, 0.1) is 16.5 Å². The average molecular weight is 553 g/mol. The summed E-state index contributed by atoms with van der Waals surface area (Å²) in [6, 6.07) is 21.4. The van der Waals surface area contributed by atoms with Crippen molar-refractivity contribution in [2.75, 3.05) is 5.32 Å². The van der Waals surface area contributed by atoms with E-state index in [9.17, 15) is 9.59 Å². The third kappa shape index (κ3) is 5.19. The molecule has 0 fully saturated rings. The van der Waals surface area contributed by atoms with Crippen LogP contribution in [0.1, 0.15) is 48.5 Å². The van der Waals surface area contributed by atoms with E-state index in [-0.39, 0.29) is 33.5 Å². The van der Waals surface area contributed by atoms with Gasteiger partial charge in [-0.05, 0) is 53.4 Å². The van der Waals surface area contributed by atoms with Crippen molar-refractivity contribution in [2.45, 2.75) is 32.6 Å². The molecule has 37 heavy (non-hydrogen) atoms. The fourth-order valence-electron chi connectivity index (χ4n) is 4.93. The second kappa shape index (κ2) is 10.0. The number of hydrogen-bond acceptors (Lipinski definition) is 4. The number of benzene rings is 3. The highest BCUT2D eigenvalue weighted by Gasteiger charge is 2.45. The first-order valence-electron chi connectivity index (χ1n) is 11.9. The third-order valence-corrected chi connectivity index (χ3v) is 7.38. The zero-order valence-electron chi connectivity index (χ0n) is 20.3. The summed E-state index contributed by atoms with van der Waals surface area (Å²) in [5, 5.41) is 4.49. The Kier molecular flexibility index (Phi) is 6.93. The van der Waals surface area contributed by atoms with Gasteiger partial charge in [-0.3, -0.25) is 9.59 Å². The van der Waals surface area contributed by atoms with Gasteiger partial charge in [-0.1, -0.05) is 79.0 Å². The van der Waals surface area contributed by atoms with Crippen LogP contribution in [0.2, 0.25) is 15.1 Å². The van der Waals surface area contributed by atoms with Gasteiger partial charge in [-0.25, -0.2) is 0 Å². The zero-order valence-corrected chi connectivity index (χ0v) is 22.5. The first kappa shape index (κ1) is 25.6. The fourth-order valence-corrected chi connectivity index (χ4v) is 5.55. The topological polar surface area (TPSA) is 55.4 Å². The molecule has 0 saturated heterocycles. The van der Waals surface area contributed by atoms with Gasteiger partial charge in [0.2, 0.25) is 5.88 Å². The second-order valence-corrected chi connectivity index (χ2v) is 11.3. The molecular formula is C30H24Cl3NO3. The van der Waals surface area contributed by atoms with Crippen LogP contribution in [-0.2, 0) is 9.53 Å². The normalized spacial score (nSPS) is 18.8. The van der Waals surface area contributed by atoms with Crippen LogP contribution in [0.5, 0.6) is 0 Å². The SMILES string of the molecule is CC1(C)CC(=O)C2=C(C1)OC(Nc1ccccc1)=C(C(=O)c1ccc(Cl)cc1Cl)C2c1ccc(Cl)cc1. The lowest BCUT2D eigenvalue weighted by Crippen LogP contribution is -2.35. The van der Waals surface area contributed by atoms with Gasteiger partial charge in [-0.2, -0.15) is 0 Å². The van der Waals surface area contributed by atoms with Gasteiger partial charge in [0.25, 0.3) is 0 Å². The predicted octanol–water partition coefficient (Wildman–Crippen LogP) is 8.61. The Hall–Kier alpha value is -3.05. The van der Waals surface area contributed by atoms with E-state index >= 15 is 0 Å². The first-order chi connectivity index (χ1) is 17.6. The van der Waals surface area contributed by atoms with E-state index in [0.717, 1.165) is 11.3 Å². The number of ether oxygens (including phenoxy) is 1. The van der Waals surface area contributed by atoms with Gasteiger partial charge in [0, 0.05) is 39.7 Å². The molecule has 188 valence electrons. The smallest absolute Gasteiger partial charge is 0.205 e. The number of para-hydroxylation sites is 1. The summed E-state index contributed by atoms with van der Waals surface area (Å²) < 4.78 is 6.41. The minimum Gasteiger partial charge on any atom is -0.444 e. The van der Waals surface area contributed by atoms with Crippen molar-refractivity contribution in [1.82, 2.24) is 0 Å². The largest absolute Gasteiger partial charge is 0.444 e. The molecule has 7 heteroatoms. The van der Waals surface area contributed by atoms with Crippen molar-refractivity contribution < 1.29 is 14.3 Å². The van der Waals surface area contributed by atoms with Crippen molar-refractivity contribution in [3.63, 3.8) is 0 Å². The molecule has 0 amide bonds. The Morgan fingerprint density at radius 1 is 0.919 bits per heavy atom. The number of halogens is 3. The maximum Gasteiger partial charge on any atom is 0.205 e. The molecule has 1 heterocycles. The summed E-state index contributed by atoms with van der Waals surface area (Å²) >= 11 is 18.8. The molecule has 0 saturated carbocycles. The van der Waals surface area contributed by atoms with Crippen LogP contribution in [0.3, 0.4) is 0 Å². The van der Waals surface area contributed by atoms with E-state index in [1.54, 1.807) is 24.3 Å². The molecule has 2 aliphatic rings. The van der Waals surface area contributed by atoms with Crippen LogP contribution in [-0.4, -0.2) is 11.6 Å². The molecule has 0 radical (unpaired) electrons. The van der Waals surface area contributed by atoms with Crippen molar-refractivity contribution in [3.05, 3.63) is 122 Å². The first-order valence-corrected chi connectivity index (χ1v) is 13.0. The van der Waals surface area contributed by atoms with Crippen molar-refractivity contribution >= 4 is 52.1 Å². The van der Waals surface area contributed by atoms with Gasteiger partial charge < -0.3 is 10.1 Å². The van der Waals surface area contributed by atoms with Crippen molar-refractivity contribution in [2.24, 2.45) is 5.41 Å². The zero-order chi connectivity index (χ0) is 26.3. The highest BCUT2D eigenvalue weighted by atomic mass is 35.5. The lowest BCUT2D eigenvalue weighted by Gasteiger charge is -2.39. The van der Waals surface area contributed by atoms with Gasteiger partial charge in [0.15, 0.2) is 11.6 Å². The van der Waals surface area contributed by atoms with Crippen molar-refractivity contribution in [1.29, 1.82) is 0 Å². The van der Waals surface area contributed by atoms with Crippen LogP contribution < -0.4 is 5.32 Å². The van der Waals surface area contributed by atoms with Gasteiger partial charge in [0.1, 0.15) is 5.76 Å². The summed E-state index contributed by atoms with van der Waals surface area (Å²) in [6.07, 6.45) is 0.908. The van der Waals surface area contributed by atoms with Crippen LogP contribution in [0, 0.1) is 5.41 Å². The monoisotopic (exact) mass is 551 g/mol. The number of ketones is 2.